The van der Waals surface area contributed by atoms with E-state index in [-0.39, 0.29) is 12.0 Å². The van der Waals surface area contributed by atoms with Crippen molar-refractivity contribution in [3.8, 4) is 11.5 Å². The van der Waals surface area contributed by atoms with Gasteiger partial charge in [-0.05, 0) is 73.1 Å². The summed E-state index contributed by atoms with van der Waals surface area (Å²) in [6.45, 7) is 5.96. The van der Waals surface area contributed by atoms with Gasteiger partial charge >= 0.3 is 0 Å². The summed E-state index contributed by atoms with van der Waals surface area (Å²) in [4.78, 5) is 15.4. The molecule has 0 radical (unpaired) electrons. The van der Waals surface area contributed by atoms with Gasteiger partial charge in [-0.25, -0.2) is 0 Å². The van der Waals surface area contributed by atoms with Crippen LogP contribution in [0.5, 0.6) is 11.5 Å². The van der Waals surface area contributed by atoms with Crippen LogP contribution in [0.4, 0.5) is 0 Å². The van der Waals surface area contributed by atoms with Gasteiger partial charge in [-0.1, -0.05) is 24.8 Å². The first-order valence-electron chi connectivity index (χ1n) is 11.1. The largest absolute Gasteiger partial charge is 0.493 e. The predicted molar refractivity (Wildman–Crippen MR) is 121 cm³/mol. The molecule has 5 heteroatoms. The van der Waals surface area contributed by atoms with Crippen molar-refractivity contribution in [1.82, 2.24) is 4.90 Å². The third-order valence-corrected chi connectivity index (χ3v) is 6.04. The van der Waals surface area contributed by atoms with Gasteiger partial charge in [0.15, 0.2) is 11.5 Å². The van der Waals surface area contributed by atoms with E-state index in [9.17, 15) is 4.79 Å². The third-order valence-electron chi connectivity index (χ3n) is 6.04. The second-order valence-corrected chi connectivity index (χ2v) is 8.24. The lowest BCUT2D eigenvalue weighted by Gasteiger charge is -2.26. The van der Waals surface area contributed by atoms with E-state index in [2.05, 4.69) is 18.7 Å². The maximum absolute atomic E-state index is 13.5. The van der Waals surface area contributed by atoms with Crippen molar-refractivity contribution >= 4 is 5.91 Å². The molecule has 1 heterocycles. The molecule has 164 valence electrons. The van der Waals surface area contributed by atoms with Gasteiger partial charge in [0.25, 0.3) is 5.91 Å². The topological polar surface area (TPSA) is 48.0 Å². The standard InChI is InChI=1S/C26H31NO4/c1-3-13-31-24-12-9-19(15-25(24)29-2)17-27(18-23-8-5-14-30-23)26(28)22-11-10-20-6-4-7-21(20)16-22/h3,9-12,15-16,23H,1,4-8,13-14,17-18H2,2H3/t23-/m0/s1. The van der Waals surface area contributed by atoms with Gasteiger partial charge in [0, 0.05) is 25.3 Å². The van der Waals surface area contributed by atoms with E-state index >= 15 is 0 Å². The minimum absolute atomic E-state index is 0.0520. The number of hydrogen-bond donors (Lipinski definition) is 0. The lowest BCUT2D eigenvalue weighted by atomic mass is 10.0. The second kappa shape index (κ2) is 10.0. The number of benzene rings is 2. The van der Waals surface area contributed by atoms with Gasteiger partial charge in [-0.15, -0.1) is 0 Å². The van der Waals surface area contributed by atoms with Crippen LogP contribution in [0.25, 0.3) is 0 Å². The molecule has 4 rings (SSSR count). The fraction of sp³-hybridized carbons (Fsp3) is 0.423. The highest BCUT2D eigenvalue weighted by atomic mass is 16.5. The summed E-state index contributed by atoms with van der Waals surface area (Å²) < 4.78 is 17.0. The molecule has 0 saturated carbocycles. The molecule has 1 aliphatic heterocycles. The average Bonchev–Trinajstić information content (AvgIpc) is 3.48. The molecule has 1 saturated heterocycles. The van der Waals surface area contributed by atoms with Crippen LogP contribution in [-0.4, -0.2) is 43.8 Å². The number of fused-ring (bicyclic) bond motifs is 1. The molecule has 1 amide bonds. The molecule has 1 aliphatic carbocycles. The van der Waals surface area contributed by atoms with Gasteiger partial charge in [-0.2, -0.15) is 0 Å². The van der Waals surface area contributed by atoms with Crippen LogP contribution < -0.4 is 9.47 Å². The maximum atomic E-state index is 13.5. The van der Waals surface area contributed by atoms with Crippen molar-refractivity contribution in [3.05, 3.63) is 71.3 Å². The minimum Gasteiger partial charge on any atom is -0.493 e. The number of hydrogen-bond acceptors (Lipinski definition) is 4. The molecule has 1 fully saturated rings. The third kappa shape index (κ3) is 5.10. The molecule has 0 spiro atoms. The molecule has 2 aromatic rings. The van der Waals surface area contributed by atoms with Crippen LogP contribution >= 0.6 is 0 Å². The number of aryl methyl sites for hydroxylation is 2. The zero-order valence-electron chi connectivity index (χ0n) is 18.3. The van der Waals surface area contributed by atoms with Crippen molar-refractivity contribution in [1.29, 1.82) is 0 Å². The van der Waals surface area contributed by atoms with Crippen molar-refractivity contribution in [2.75, 3.05) is 26.9 Å². The smallest absolute Gasteiger partial charge is 0.254 e. The number of carbonyl (C=O) groups excluding carboxylic acids is 1. The SMILES string of the molecule is C=CCOc1ccc(CN(C[C@@H]2CCCO2)C(=O)c2ccc3c(c2)CCC3)cc1OC. The van der Waals surface area contributed by atoms with Crippen molar-refractivity contribution < 1.29 is 19.0 Å². The first-order chi connectivity index (χ1) is 15.2. The van der Waals surface area contributed by atoms with Gasteiger partial charge < -0.3 is 19.1 Å². The molecule has 5 nitrogen and oxygen atoms in total. The summed E-state index contributed by atoms with van der Waals surface area (Å²) in [7, 11) is 1.62. The van der Waals surface area contributed by atoms with Crippen LogP contribution in [0.3, 0.4) is 0 Å². The van der Waals surface area contributed by atoms with Gasteiger partial charge in [0.05, 0.1) is 13.2 Å². The van der Waals surface area contributed by atoms with E-state index in [0.29, 0.717) is 31.2 Å². The first kappa shape index (κ1) is 21.4. The van der Waals surface area contributed by atoms with Gasteiger partial charge in [0.1, 0.15) is 6.61 Å². The number of carbonyl (C=O) groups is 1. The van der Waals surface area contributed by atoms with E-state index in [4.69, 9.17) is 14.2 Å². The lowest BCUT2D eigenvalue weighted by Crippen LogP contribution is -2.37. The summed E-state index contributed by atoms with van der Waals surface area (Å²) in [5.74, 6) is 1.37. The van der Waals surface area contributed by atoms with Gasteiger partial charge in [0.2, 0.25) is 0 Å². The zero-order valence-corrected chi connectivity index (χ0v) is 18.3. The fourth-order valence-electron chi connectivity index (χ4n) is 4.44. The molecule has 2 aromatic carbocycles. The van der Waals surface area contributed by atoms with Crippen LogP contribution in [0.15, 0.2) is 49.1 Å². The summed E-state index contributed by atoms with van der Waals surface area (Å²) >= 11 is 0. The molecule has 0 unspecified atom stereocenters. The summed E-state index contributed by atoms with van der Waals surface area (Å²) in [5.41, 5.74) is 4.45. The first-order valence-corrected chi connectivity index (χ1v) is 11.1. The summed E-state index contributed by atoms with van der Waals surface area (Å²) in [6.07, 6.45) is 7.18. The molecule has 2 aliphatic rings. The van der Waals surface area contributed by atoms with Crippen molar-refractivity contribution in [2.45, 2.75) is 44.8 Å². The molecule has 0 aromatic heterocycles. The Morgan fingerprint density at radius 3 is 2.81 bits per heavy atom. The highest BCUT2D eigenvalue weighted by molar-refractivity contribution is 5.94. The molecule has 0 N–H and O–H groups in total. The average molecular weight is 422 g/mol. The minimum atomic E-state index is 0.0520. The Kier molecular flexibility index (Phi) is 6.92. The van der Waals surface area contributed by atoms with E-state index < -0.39 is 0 Å². The van der Waals surface area contributed by atoms with Crippen molar-refractivity contribution in [2.24, 2.45) is 0 Å². The Labute approximate surface area is 184 Å². The second-order valence-electron chi connectivity index (χ2n) is 8.24. The summed E-state index contributed by atoms with van der Waals surface area (Å²) in [5, 5.41) is 0. The molecule has 31 heavy (non-hydrogen) atoms. The molecular weight excluding hydrogens is 390 g/mol. The summed E-state index contributed by atoms with van der Waals surface area (Å²) in [6, 6.07) is 12.0. The Morgan fingerprint density at radius 2 is 2.03 bits per heavy atom. The van der Waals surface area contributed by atoms with Crippen LogP contribution in [-0.2, 0) is 24.1 Å². The zero-order chi connectivity index (χ0) is 21.6. The van der Waals surface area contributed by atoms with E-state index in [1.54, 1.807) is 13.2 Å². The molecule has 1 atom stereocenters. The number of ether oxygens (including phenoxy) is 3. The van der Waals surface area contributed by atoms with E-state index in [1.807, 2.05) is 29.2 Å². The molecule has 0 bridgehead atoms. The number of nitrogens with zero attached hydrogens (tertiary/aromatic N) is 1. The van der Waals surface area contributed by atoms with E-state index in [0.717, 1.165) is 43.4 Å². The van der Waals surface area contributed by atoms with Crippen LogP contribution in [0.2, 0.25) is 0 Å². The maximum Gasteiger partial charge on any atom is 0.254 e. The Bertz CT molecular complexity index is 933. The fourth-order valence-corrected chi connectivity index (χ4v) is 4.44. The number of methoxy groups -OCH3 is 1. The van der Waals surface area contributed by atoms with Crippen molar-refractivity contribution in [3.63, 3.8) is 0 Å². The van der Waals surface area contributed by atoms with Crippen LogP contribution in [0.1, 0.15) is 46.3 Å². The monoisotopic (exact) mass is 421 g/mol. The van der Waals surface area contributed by atoms with Gasteiger partial charge in [-0.3, -0.25) is 4.79 Å². The highest BCUT2D eigenvalue weighted by Crippen LogP contribution is 2.29. The Hall–Kier alpha value is -2.79. The lowest BCUT2D eigenvalue weighted by molar-refractivity contribution is 0.0507. The number of rotatable bonds is 9. The normalized spacial score (nSPS) is 17.3. The predicted octanol–water partition coefficient (Wildman–Crippen LogP) is 4.57. The molecular formula is C26H31NO4. The highest BCUT2D eigenvalue weighted by Gasteiger charge is 2.25. The Balaban J connectivity index is 1.56. The number of amides is 1. The van der Waals surface area contributed by atoms with E-state index in [1.165, 1.54) is 17.5 Å². The quantitative estimate of drug-likeness (QED) is 0.557. The van der Waals surface area contributed by atoms with Crippen LogP contribution in [0, 0.1) is 0 Å². The Morgan fingerprint density at radius 1 is 1.16 bits per heavy atom.